The number of ether oxygens (including phenoxy) is 1. The highest BCUT2D eigenvalue weighted by Crippen LogP contribution is 2.22. The Bertz CT molecular complexity index is 458. The minimum absolute atomic E-state index is 0.0319. The van der Waals surface area contributed by atoms with E-state index < -0.39 is 0 Å². The lowest BCUT2D eigenvalue weighted by Gasteiger charge is -2.34. The smallest absolute Gasteiger partial charge is 0.410 e. The molecule has 108 valence electrons. The summed E-state index contributed by atoms with van der Waals surface area (Å²) in [4.78, 5) is 25.9. The number of hydrogen-bond donors (Lipinski definition) is 0. The molecule has 1 fully saturated rings. The minimum atomic E-state index is -0.293. The number of carbonyl (C=O) groups excluding carboxylic acids is 2. The second-order valence-corrected chi connectivity index (χ2v) is 5.04. The molecular weight excluding hydrogens is 254 g/mol. The van der Waals surface area contributed by atoms with Crippen LogP contribution in [0.1, 0.15) is 43.0 Å². The maximum absolute atomic E-state index is 12.3. The van der Waals surface area contributed by atoms with Gasteiger partial charge in [-0.05, 0) is 26.2 Å². The summed E-state index contributed by atoms with van der Waals surface area (Å²) >= 11 is 0. The molecule has 1 saturated heterocycles. The van der Waals surface area contributed by atoms with Crippen molar-refractivity contribution in [1.82, 2.24) is 4.90 Å². The van der Waals surface area contributed by atoms with Crippen LogP contribution in [0.15, 0.2) is 30.3 Å². The average molecular weight is 275 g/mol. The lowest BCUT2D eigenvalue weighted by molar-refractivity contribution is 0.0693. The predicted octanol–water partition coefficient (Wildman–Crippen LogP) is 3.27. The zero-order valence-corrected chi connectivity index (χ0v) is 11.9. The molecule has 1 atom stereocenters. The van der Waals surface area contributed by atoms with E-state index in [1.807, 2.05) is 30.3 Å². The van der Waals surface area contributed by atoms with Gasteiger partial charge in [0, 0.05) is 24.6 Å². The zero-order chi connectivity index (χ0) is 14.4. The van der Waals surface area contributed by atoms with Gasteiger partial charge in [0.15, 0.2) is 5.78 Å². The van der Waals surface area contributed by atoms with Crippen LogP contribution in [-0.2, 0) is 4.74 Å². The van der Waals surface area contributed by atoms with Gasteiger partial charge in [0.25, 0.3) is 0 Å². The number of likely N-dealkylation sites (tertiary alicyclic amines) is 1. The summed E-state index contributed by atoms with van der Waals surface area (Å²) in [7, 11) is 0. The Hall–Kier alpha value is -1.84. The van der Waals surface area contributed by atoms with E-state index in [0.29, 0.717) is 25.1 Å². The van der Waals surface area contributed by atoms with Crippen LogP contribution in [0.2, 0.25) is 0 Å². The van der Waals surface area contributed by atoms with Crippen molar-refractivity contribution in [3.05, 3.63) is 35.9 Å². The van der Waals surface area contributed by atoms with E-state index in [1.165, 1.54) is 0 Å². The average Bonchev–Trinajstić information content (AvgIpc) is 2.49. The van der Waals surface area contributed by atoms with E-state index in [2.05, 4.69) is 0 Å². The quantitative estimate of drug-likeness (QED) is 0.792. The predicted molar refractivity (Wildman–Crippen MR) is 76.8 cm³/mol. The number of hydrogen-bond acceptors (Lipinski definition) is 3. The third-order valence-corrected chi connectivity index (χ3v) is 3.65. The Kier molecular flexibility index (Phi) is 5.16. The van der Waals surface area contributed by atoms with Crippen molar-refractivity contribution in [2.45, 2.75) is 38.6 Å². The third kappa shape index (κ3) is 3.59. The molecule has 0 unspecified atom stereocenters. The van der Waals surface area contributed by atoms with Gasteiger partial charge in [-0.3, -0.25) is 4.79 Å². The minimum Gasteiger partial charge on any atom is -0.450 e. The van der Waals surface area contributed by atoms with Crippen molar-refractivity contribution in [3.63, 3.8) is 0 Å². The maximum atomic E-state index is 12.3. The molecule has 1 aromatic carbocycles. The third-order valence-electron chi connectivity index (χ3n) is 3.65. The van der Waals surface area contributed by atoms with Crippen LogP contribution in [0, 0.1) is 0 Å². The molecule has 1 amide bonds. The van der Waals surface area contributed by atoms with Gasteiger partial charge in [0.2, 0.25) is 0 Å². The molecule has 0 saturated carbocycles. The van der Waals surface area contributed by atoms with E-state index in [-0.39, 0.29) is 17.9 Å². The molecule has 1 heterocycles. The molecule has 0 spiro atoms. The Morgan fingerprint density at radius 3 is 2.70 bits per heavy atom. The lowest BCUT2D eigenvalue weighted by Crippen LogP contribution is -2.45. The second kappa shape index (κ2) is 7.08. The number of benzene rings is 1. The fraction of sp³-hybridized carbons (Fsp3) is 0.500. The van der Waals surface area contributed by atoms with Crippen LogP contribution in [0.25, 0.3) is 0 Å². The lowest BCUT2D eigenvalue weighted by atomic mass is 9.95. The first-order chi connectivity index (χ1) is 9.72. The number of rotatable bonds is 4. The van der Waals surface area contributed by atoms with Gasteiger partial charge in [-0.1, -0.05) is 30.3 Å². The SMILES string of the molecule is CCOC(=O)N1CCCC[C@H]1CC(=O)c1ccccc1. The Balaban J connectivity index is 2.02. The summed E-state index contributed by atoms with van der Waals surface area (Å²) < 4.78 is 5.07. The number of amides is 1. The summed E-state index contributed by atoms with van der Waals surface area (Å²) in [6.45, 7) is 2.85. The van der Waals surface area contributed by atoms with Gasteiger partial charge < -0.3 is 9.64 Å². The normalized spacial score (nSPS) is 18.6. The first kappa shape index (κ1) is 14.6. The van der Waals surface area contributed by atoms with Crippen molar-refractivity contribution in [1.29, 1.82) is 0 Å². The van der Waals surface area contributed by atoms with Crippen LogP contribution in [0.4, 0.5) is 4.79 Å². The molecule has 0 N–H and O–H groups in total. The number of ketones is 1. The number of nitrogens with zero attached hydrogens (tertiary/aromatic N) is 1. The Labute approximate surface area is 119 Å². The van der Waals surface area contributed by atoms with Crippen LogP contribution < -0.4 is 0 Å². The number of carbonyl (C=O) groups is 2. The van der Waals surface area contributed by atoms with Crippen molar-refractivity contribution >= 4 is 11.9 Å². The van der Waals surface area contributed by atoms with Gasteiger partial charge in [-0.15, -0.1) is 0 Å². The van der Waals surface area contributed by atoms with Crippen molar-refractivity contribution in [2.24, 2.45) is 0 Å². The van der Waals surface area contributed by atoms with Gasteiger partial charge >= 0.3 is 6.09 Å². The molecule has 0 aliphatic carbocycles. The topological polar surface area (TPSA) is 46.6 Å². The maximum Gasteiger partial charge on any atom is 0.410 e. The highest BCUT2D eigenvalue weighted by molar-refractivity contribution is 5.96. The molecule has 2 rings (SSSR count). The van der Waals surface area contributed by atoms with Crippen molar-refractivity contribution in [3.8, 4) is 0 Å². The first-order valence-corrected chi connectivity index (χ1v) is 7.24. The summed E-state index contributed by atoms with van der Waals surface area (Å²) in [6.07, 6.45) is 3.00. The van der Waals surface area contributed by atoms with Gasteiger partial charge in [-0.2, -0.15) is 0 Å². The van der Waals surface area contributed by atoms with Crippen LogP contribution in [0.5, 0.6) is 0 Å². The molecule has 1 aliphatic heterocycles. The molecular formula is C16H21NO3. The van der Waals surface area contributed by atoms with Gasteiger partial charge in [-0.25, -0.2) is 4.79 Å². The van der Waals surface area contributed by atoms with E-state index in [9.17, 15) is 9.59 Å². The molecule has 4 nitrogen and oxygen atoms in total. The standard InChI is InChI=1S/C16H21NO3/c1-2-20-16(19)17-11-7-6-10-14(17)12-15(18)13-8-4-3-5-9-13/h3-5,8-9,14H,2,6-7,10-12H2,1H3/t14-/m0/s1. The second-order valence-electron chi connectivity index (χ2n) is 5.04. The summed E-state index contributed by atoms with van der Waals surface area (Å²) in [5.41, 5.74) is 0.710. The molecule has 0 bridgehead atoms. The largest absolute Gasteiger partial charge is 0.450 e. The number of piperidine rings is 1. The summed E-state index contributed by atoms with van der Waals surface area (Å²) in [6, 6.07) is 9.21. The highest BCUT2D eigenvalue weighted by Gasteiger charge is 2.29. The molecule has 0 aromatic heterocycles. The first-order valence-electron chi connectivity index (χ1n) is 7.24. The van der Waals surface area contributed by atoms with Crippen LogP contribution >= 0.6 is 0 Å². The summed E-state index contributed by atoms with van der Waals surface area (Å²) in [5, 5.41) is 0. The van der Waals surface area contributed by atoms with E-state index in [0.717, 1.165) is 19.3 Å². The Morgan fingerprint density at radius 1 is 1.25 bits per heavy atom. The fourth-order valence-electron chi connectivity index (χ4n) is 2.62. The van der Waals surface area contributed by atoms with E-state index in [1.54, 1.807) is 11.8 Å². The molecule has 0 radical (unpaired) electrons. The Morgan fingerprint density at radius 2 is 2.00 bits per heavy atom. The molecule has 1 aromatic rings. The van der Waals surface area contributed by atoms with Crippen LogP contribution in [0.3, 0.4) is 0 Å². The van der Waals surface area contributed by atoms with Crippen LogP contribution in [-0.4, -0.2) is 36.0 Å². The molecule has 20 heavy (non-hydrogen) atoms. The number of Topliss-reactive ketones (excluding diaryl/α,β-unsaturated/α-hetero) is 1. The molecule has 1 aliphatic rings. The van der Waals surface area contributed by atoms with E-state index in [4.69, 9.17) is 4.74 Å². The summed E-state index contributed by atoms with van der Waals surface area (Å²) in [5.74, 6) is 0.0896. The van der Waals surface area contributed by atoms with Crippen molar-refractivity contribution < 1.29 is 14.3 Å². The van der Waals surface area contributed by atoms with Gasteiger partial charge in [0.05, 0.1) is 6.61 Å². The van der Waals surface area contributed by atoms with Crippen molar-refractivity contribution in [2.75, 3.05) is 13.2 Å². The van der Waals surface area contributed by atoms with Gasteiger partial charge in [0.1, 0.15) is 0 Å². The zero-order valence-electron chi connectivity index (χ0n) is 11.9. The fourth-order valence-corrected chi connectivity index (χ4v) is 2.62. The monoisotopic (exact) mass is 275 g/mol. The molecule has 4 heteroatoms. The highest BCUT2D eigenvalue weighted by atomic mass is 16.6. The van der Waals surface area contributed by atoms with E-state index >= 15 is 0 Å².